The number of carbonyl (C=O) groups excluding carboxylic acids is 2. The van der Waals surface area contributed by atoms with Crippen molar-refractivity contribution in [3.8, 4) is 28.4 Å². The van der Waals surface area contributed by atoms with Crippen LogP contribution >= 0.6 is 11.8 Å². The van der Waals surface area contributed by atoms with Crippen LogP contribution in [0.4, 0.5) is 10.2 Å². The number of fused-ring (bicyclic) bond motifs is 1. The van der Waals surface area contributed by atoms with E-state index in [4.69, 9.17) is 14.6 Å². The molecule has 8 nitrogen and oxygen atoms in total. The number of methoxy groups -OCH3 is 2. The molecule has 1 aliphatic heterocycles. The van der Waals surface area contributed by atoms with Crippen LogP contribution in [0.25, 0.3) is 16.9 Å². The molecule has 0 radical (unpaired) electrons. The van der Waals surface area contributed by atoms with Gasteiger partial charge in [-0.1, -0.05) is 37.3 Å². The summed E-state index contributed by atoms with van der Waals surface area (Å²) in [4.78, 5) is 28.3. The molecule has 4 aromatic rings. The molecule has 0 bridgehead atoms. The molecule has 1 aromatic heterocycles. The highest BCUT2D eigenvalue weighted by Crippen LogP contribution is 2.51. The van der Waals surface area contributed by atoms with Crippen LogP contribution in [0.5, 0.6) is 11.5 Å². The van der Waals surface area contributed by atoms with Crippen molar-refractivity contribution in [2.45, 2.75) is 18.6 Å². The standard InChI is InChI=1S/C31H31FN4O4S/c1-4-16-33-26(37)18-35-27(38)19-41-30(24-17-23(39-2)14-15-25(24)40-3)28-29(20-8-6-5-7-9-20)34-36(31(28)35)22-12-10-21(32)11-13-22/h5-15,17,30H,4,16,18-19H2,1-3H3,(H,33,37). The molecule has 212 valence electrons. The SMILES string of the molecule is CCCNC(=O)CN1C(=O)CSC(c2cc(OC)ccc2OC)c2c(-c3ccccc3)nn(-c3ccc(F)cc3)c21. The Morgan fingerprint density at radius 3 is 2.51 bits per heavy atom. The van der Waals surface area contributed by atoms with E-state index in [1.165, 1.54) is 28.8 Å². The minimum atomic E-state index is -0.410. The highest BCUT2D eigenvalue weighted by Gasteiger charge is 2.38. The van der Waals surface area contributed by atoms with Gasteiger partial charge >= 0.3 is 0 Å². The monoisotopic (exact) mass is 574 g/mol. The number of nitrogens with zero attached hydrogens (tertiary/aromatic N) is 3. The Balaban J connectivity index is 1.82. The number of rotatable bonds is 9. The van der Waals surface area contributed by atoms with E-state index in [1.807, 2.05) is 55.5 Å². The lowest BCUT2D eigenvalue weighted by Gasteiger charge is -2.23. The minimum Gasteiger partial charge on any atom is -0.497 e. The molecule has 0 fully saturated rings. The minimum absolute atomic E-state index is 0.110. The first-order valence-corrected chi connectivity index (χ1v) is 14.3. The van der Waals surface area contributed by atoms with Crippen molar-refractivity contribution in [1.29, 1.82) is 0 Å². The van der Waals surface area contributed by atoms with Gasteiger partial charge in [0.1, 0.15) is 29.7 Å². The Hall–Kier alpha value is -4.31. The maximum Gasteiger partial charge on any atom is 0.240 e. The Bertz CT molecular complexity index is 1540. The Morgan fingerprint density at radius 2 is 1.83 bits per heavy atom. The Morgan fingerprint density at radius 1 is 1.07 bits per heavy atom. The van der Waals surface area contributed by atoms with Crippen molar-refractivity contribution in [3.05, 3.63) is 89.7 Å². The molecule has 0 saturated heterocycles. The number of benzene rings is 3. The predicted octanol–water partition coefficient (Wildman–Crippen LogP) is 5.39. The first-order valence-electron chi connectivity index (χ1n) is 13.3. The fraction of sp³-hybridized carbons (Fsp3) is 0.258. The molecule has 5 rings (SSSR count). The topological polar surface area (TPSA) is 85.7 Å². The third-order valence-electron chi connectivity index (χ3n) is 6.80. The number of aromatic nitrogens is 2. The molecule has 3 aromatic carbocycles. The van der Waals surface area contributed by atoms with E-state index in [1.54, 1.807) is 31.0 Å². The first kappa shape index (κ1) is 28.2. The van der Waals surface area contributed by atoms with Gasteiger partial charge < -0.3 is 14.8 Å². The van der Waals surface area contributed by atoms with E-state index in [0.717, 1.165) is 23.1 Å². The summed E-state index contributed by atoms with van der Waals surface area (Å²) in [6.07, 6.45) is 0.768. The lowest BCUT2D eigenvalue weighted by molar-refractivity contribution is -0.122. The third kappa shape index (κ3) is 5.78. The number of amides is 2. The van der Waals surface area contributed by atoms with Crippen LogP contribution in [0.2, 0.25) is 0 Å². The summed E-state index contributed by atoms with van der Waals surface area (Å²) in [5.74, 6) is 0.921. The largest absolute Gasteiger partial charge is 0.497 e. The van der Waals surface area contributed by atoms with Gasteiger partial charge in [0.05, 0.1) is 36.6 Å². The van der Waals surface area contributed by atoms with Crippen LogP contribution in [-0.2, 0) is 9.59 Å². The van der Waals surface area contributed by atoms with Crippen LogP contribution in [0, 0.1) is 5.82 Å². The normalized spacial score (nSPS) is 14.8. The van der Waals surface area contributed by atoms with Crippen molar-refractivity contribution < 1.29 is 23.5 Å². The predicted molar refractivity (Wildman–Crippen MR) is 158 cm³/mol. The van der Waals surface area contributed by atoms with E-state index in [2.05, 4.69) is 5.32 Å². The fourth-order valence-electron chi connectivity index (χ4n) is 4.84. The third-order valence-corrected chi connectivity index (χ3v) is 8.04. The van der Waals surface area contributed by atoms with E-state index in [-0.39, 0.29) is 24.1 Å². The number of hydrogen-bond acceptors (Lipinski definition) is 6. The summed E-state index contributed by atoms with van der Waals surface area (Å²) in [6.45, 7) is 2.28. The lowest BCUT2D eigenvalue weighted by Crippen LogP contribution is -2.42. The van der Waals surface area contributed by atoms with Crippen LogP contribution in [-0.4, -0.2) is 54.7 Å². The molecule has 1 atom stereocenters. The molecule has 1 aliphatic rings. The number of nitrogens with one attached hydrogen (secondary N) is 1. The summed E-state index contributed by atoms with van der Waals surface area (Å²) in [7, 11) is 3.20. The molecular formula is C31H31FN4O4S. The van der Waals surface area contributed by atoms with E-state index in [9.17, 15) is 14.0 Å². The molecule has 1 N–H and O–H groups in total. The van der Waals surface area contributed by atoms with Crippen molar-refractivity contribution in [2.24, 2.45) is 0 Å². The molecular weight excluding hydrogens is 543 g/mol. The maximum absolute atomic E-state index is 14.0. The molecule has 2 heterocycles. The Labute approximate surface area is 242 Å². The van der Waals surface area contributed by atoms with Gasteiger partial charge in [0.2, 0.25) is 11.8 Å². The summed E-state index contributed by atoms with van der Waals surface area (Å²) in [5.41, 5.74) is 3.58. The second-order valence-corrected chi connectivity index (χ2v) is 10.6. The molecule has 1 unspecified atom stereocenters. The maximum atomic E-state index is 14.0. The summed E-state index contributed by atoms with van der Waals surface area (Å²) in [6, 6.07) is 21.1. The highest BCUT2D eigenvalue weighted by molar-refractivity contribution is 8.00. The number of anilines is 1. The van der Waals surface area contributed by atoms with Gasteiger partial charge in [0, 0.05) is 23.2 Å². The smallest absolute Gasteiger partial charge is 0.240 e. The molecule has 0 aliphatic carbocycles. The average Bonchev–Trinajstić information content (AvgIpc) is 3.33. The summed E-state index contributed by atoms with van der Waals surface area (Å²) in [5, 5.41) is 7.48. The van der Waals surface area contributed by atoms with Gasteiger partial charge in [0.15, 0.2) is 0 Å². The summed E-state index contributed by atoms with van der Waals surface area (Å²) < 4.78 is 26.9. The van der Waals surface area contributed by atoms with Crippen LogP contribution in [0.15, 0.2) is 72.8 Å². The molecule has 10 heteroatoms. The van der Waals surface area contributed by atoms with Crippen LogP contribution in [0.1, 0.15) is 29.7 Å². The fourth-order valence-corrected chi connectivity index (χ4v) is 6.06. The van der Waals surface area contributed by atoms with Gasteiger partial charge in [-0.3, -0.25) is 14.5 Å². The van der Waals surface area contributed by atoms with E-state index < -0.39 is 11.1 Å². The van der Waals surface area contributed by atoms with Crippen molar-refractivity contribution >= 4 is 29.4 Å². The second-order valence-electron chi connectivity index (χ2n) is 9.47. The van der Waals surface area contributed by atoms with Gasteiger partial charge in [-0.2, -0.15) is 5.10 Å². The zero-order chi connectivity index (χ0) is 28.9. The van der Waals surface area contributed by atoms with E-state index in [0.29, 0.717) is 35.2 Å². The molecule has 0 spiro atoms. The van der Waals surface area contributed by atoms with Gasteiger partial charge in [-0.15, -0.1) is 11.8 Å². The van der Waals surface area contributed by atoms with Gasteiger partial charge in [0.25, 0.3) is 0 Å². The average molecular weight is 575 g/mol. The van der Waals surface area contributed by atoms with Crippen molar-refractivity contribution in [2.75, 3.05) is 38.0 Å². The Kier molecular flexibility index (Phi) is 8.58. The molecule has 41 heavy (non-hydrogen) atoms. The number of thioether (sulfide) groups is 1. The quantitative estimate of drug-likeness (QED) is 0.289. The number of ether oxygens (including phenoxy) is 2. The van der Waals surface area contributed by atoms with Gasteiger partial charge in [-0.25, -0.2) is 9.07 Å². The number of halogens is 1. The van der Waals surface area contributed by atoms with Crippen molar-refractivity contribution in [3.63, 3.8) is 0 Å². The number of hydrogen-bond donors (Lipinski definition) is 1. The van der Waals surface area contributed by atoms with Crippen LogP contribution < -0.4 is 19.7 Å². The van der Waals surface area contributed by atoms with Gasteiger partial charge in [-0.05, 0) is 48.9 Å². The lowest BCUT2D eigenvalue weighted by atomic mass is 9.98. The zero-order valence-corrected chi connectivity index (χ0v) is 23.9. The molecule has 0 saturated carbocycles. The highest BCUT2D eigenvalue weighted by atomic mass is 32.2. The van der Waals surface area contributed by atoms with Crippen molar-refractivity contribution in [1.82, 2.24) is 15.1 Å². The molecule has 2 amide bonds. The number of carbonyl (C=O) groups is 2. The zero-order valence-electron chi connectivity index (χ0n) is 23.1. The van der Waals surface area contributed by atoms with Crippen LogP contribution in [0.3, 0.4) is 0 Å². The summed E-state index contributed by atoms with van der Waals surface area (Å²) >= 11 is 1.43. The van der Waals surface area contributed by atoms with E-state index >= 15 is 0 Å². The first-order chi connectivity index (χ1) is 19.9. The second kappa shape index (κ2) is 12.5.